The molecule has 0 unspecified atom stereocenters. The van der Waals surface area contributed by atoms with Gasteiger partial charge in [-0.1, -0.05) is 52.1 Å². The lowest BCUT2D eigenvalue weighted by Crippen LogP contribution is -2.34. The molecular formula is C15H19BrClN3O. The lowest BCUT2D eigenvalue weighted by Gasteiger charge is -2.17. The molecule has 0 aliphatic heterocycles. The molecule has 1 aromatic heterocycles. The fourth-order valence-corrected chi connectivity index (χ4v) is 3.21. The molecule has 6 heteroatoms. The number of hydrogen-bond acceptors (Lipinski definition) is 4. The summed E-state index contributed by atoms with van der Waals surface area (Å²) >= 11 is 3.55. The van der Waals surface area contributed by atoms with Crippen molar-refractivity contribution in [1.29, 1.82) is 0 Å². The number of halogens is 2. The highest BCUT2D eigenvalue weighted by Gasteiger charge is 2.35. The summed E-state index contributed by atoms with van der Waals surface area (Å²) in [6.07, 6.45) is 5.83. The molecule has 1 aromatic carbocycles. The average molecular weight is 373 g/mol. The highest BCUT2D eigenvalue weighted by Crippen LogP contribution is 2.34. The van der Waals surface area contributed by atoms with Gasteiger partial charge in [0.05, 0.1) is 5.54 Å². The molecule has 114 valence electrons. The lowest BCUT2D eigenvalue weighted by molar-refractivity contribution is 0.348. The fraction of sp³-hybridized carbons (Fsp3) is 0.467. The van der Waals surface area contributed by atoms with Crippen molar-refractivity contribution in [3.63, 3.8) is 0 Å². The molecule has 1 heterocycles. The Morgan fingerprint density at radius 2 is 1.90 bits per heavy atom. The van der Waals surface area contributed by atoms with Crippen molar-refractivity contribution in [1.82, 2.24) is 10.1 Å². The van der Waals surface area contributed by atoms with Crippen molar-refractivity contribution in [2.24, 2.45) is 5.73 Å². The summed E-state index contributed by atoms with van der Waals surface area (Å²) in [6, 6.07) is 8.19. The molecule has 2 aromatic rings. The van der Waals surface area contributed by atoms with Crippen LogP contribution in [-0.4, -0.2) is 10.1 Å². The minimum atomic E-state index is -0.366. The highest BCUT2D eigenvalue weighted by molar-refractivity contribution is 9.10. The van der Waals surface area contributed by atoms with Crippen LogP contribution in [0.5, 0.6) is 0 Å². The second-order valence-electron chi connectivity index (χ2n) is 5.47. The Bertz CT molecular complexity index is 596. The molecular weight excluding hydrogens is 354 g/mol. The van der Waals surface area contributed by atoms with E-state index in [1.54, 1.807) is 0 Å². The Balaban J connectivity index is 0.00000161. The van der Waals surface area contributed by atoms with Gasteiger partial charge in [0, 0.05) is 10.9 Å². The van der Waals surface area contributed by atoms with Crippen molar-refractivity contribution < 1.29 is 4.52 Å². The zero-order valence-electron chi connectivity index (χ0n) is 11.7. The van der Waals surface area contributed by atoms with Gasteiger partial charge in [0.25, 0.3) is 0 Å². The Morgan fingerprint density at radius 1 is 1.19 bits per heavy atom. The number of aromatic nitrogens is 2. The predicted molar refractivity (Wildman–Crippen MR) is 87.4 cm³/mol. The van der Waals surface area contributed by atoms with Crippen molar-refractivity contribution in [3.05, 3.63) is 46.0 Å². The third-order valence-electron chi connectivity index (χ3n) is 3.98. The molecule has 4 nitrogen and oxygen atoms in total. The van der Waals surface area contributed by atoms with Crippen LogP contribution in [0.25, 0.3) is 0 Å². The van der Waals surface area contributed by atoms with Gasteiger partial charge in [0.15, 0.2) is 5.82 Å². The Morgan fingerprint density at radius 3 is 2.62 bits per heavy atom. The molecule has 1 aliphatic rings. The Kier molecular flexibility index (Phi) is 5.41. The third-order valence-corrected chi connectivity index (χ3v) is 4.75. The van der Waals surface area contributed by atoms with Crippen LogP contribution < -0.4 is 5.73 Å². The summed E-state index contributed by atoms with van der Waals surface area (Å²) in [5.74, 6) is 1.35. The summed E-state index contributed by atoms with van der Waals surface area (Å²) < 4.78 is 6.46. The van der Waals surface area contributed by atoms with E-state index in [9.17, 15) is 0 Å². The maximum absolute atomic E-state index is 6.33. The monoisotopic (exact) mass is 371 g/mol. The largest absolute Gasteiger partial charge is 0.339 e. The van der Waals surface area contributed by atoms with E-state index in [1.165, 1.54) is 5.56 Å². The van der Waals surface area contributed by atoms with Crippen LogP contribution in [0, 0.1) is 0 Å². The molecule has 0 spiro atoms. The molecule has 1 aliphatic carbocycles. The Hall–Kier alpha value is -0.910. The summed E-state index contributed by atoms with van der Waals surface area (Å²) in [5.41, 5.74) is 7.21. The molecule has 0 atom stereocenters. The van der Waals surface area contributed by atoms with Crippen LogP contribution >= 0.6 is 28.3 Å². The molecule has 0 saturated heterocycles. The van der Waals surface area contributed by atoms with Crippen molar-refractivity contribution in [3.8, 4) is 0 Å². The van der Waals surface area contributed by atoms with Gasteiger partial charge < -0.3 is 10.3 Å². The van der Waals surface area contributed by atoms with Crippen LogP contribution in [0.15, 0.2) is 33.3 Å². The van der Waals surface area contributed by atoms with E-state index in [2.05, 4.69) is 32.1 Å². The van der Waals surface area contributed by atoms with Crippen molar-refractivity contribution in [2.75, 3.05) is 0 Å². The zero-order chi connectivity index (χ0) is 14.0. The number of nitrogens with two attached hydrogens (primary N) is 1. The van der Waals surface area contributed by atoms with Gasteiger partial charge in [-0.05, 0) is 30.9 Å². The van der Waals surface area contributed by atoms with E-state index >= 15 is 0 Å². The SMILES string of the molecule is Cl.NC1(c2noc(CCc3ccccc3Br)n2)CCCC1. The lowest BCUT2D eigenvalue weighted by atomic mass is 9.99. The third kappa shape index (κ3) is 3.65. The standard InChI is InChI=1S/C15H18BrN3O.ClH/c16-12-6-2-1-5-11(12)7-8-13-18-14(19-20-13)15(17)9-3-4-10-15;/h1-2,5-6H,3-4,7-10,17H2;1H. The van der Waals surface area contributed by atoms with Crippen LogP contribution in [0.2, 0.25) is 0 Å². The van der Waals surface area contributed by atoms with Gasteiger partial charge in [-0.15, -0.1) is 12.4 Å². The molecule has 0 radical (unpaired) electrons. The quantitative estimate of drug-likeness (QED) is 0.887. The molecule has 2 N–H and O–H groups in total. The number of benzene rings is 1. The average Bonchev–Trinajstić information content (AvgIpc) is 3.08. The maximum Gasteiger partial charge on any atom is 0.227 e. The number of rotatable bonds is 4. The first-order chi connectivity index (χ1) is 9.67. The van der Waals surface area contributed by atoms with Crippen LogP contribution in [0.1, 0.15) is 43.0 Å². The van der Waals surface area contributed by atoms with Crippen molar-refractivity contribution >= 4 is 28.3 Å². The summed E-state index contributed by atoms with van der Waals surface area (Å²) in [6.45, 7) is 0. The zero-order valence-corrected chi connectivity index (χ0v) is 14.1. The Labute approximate surface area is 139 Å². The molecule has 1 saturated carbocycles. The first-order valence-corrected chi connectivity index (χ1v) is 7.82. The number of aryl methyl sites for hydroxylation is 2. The minimum Gasteiger partial charge on any atom is -0.339 e. The van der Waals surface area contributed by atoms with Gasteiger partial charge >= 0.3 is 0 Å². The van der Waals surface area contributed by atoms with Crippen LogP contribution in [-0.2, 0) is 18.4 Å². The first kappa shape index (κ1) is 16.5. The van der Waals surface area contributed by atoms with E-state index in [0.29, 0.717) is 11.7 Å². The van der Waals surface area contributed by atoms with Gasteiger partial charge in [-0.25, -0.2) is 0 Å². The van der Waals surface area contributed by atoms with Gasteiger partial charge in [0.2, 0.25) is 5.89 Å². The highest BCUT2D eigenvalue weighted by atomic mass is 79.9. The smallest absolute Gasteiger partial charge is 0.227 e. The molecule has 21 heavy (non-hydrogen) atoms. The van der Waals surface area contributed by atoms with Gasteiger partial charge in [-0.3, -0.25) is 0 Å². The van der Waals surface area contributed by atoms with E-state index in [0.717, 1.165) is 43.0 Å². The molecule has 0 amide bonds. The number of nitrogens with zero attached hydrogens (tertiary/aromatic N) is 2. The predicted octanol–water partition coefficient (Wildman–Crippen LogP) is 3.77. The normalized spacial score (nSPS) is 16.7. The maximum atomic E-state index is 6.33. The minimum absolute atomic E-state index is 0. The van der Waals surface area contributed by atoms with E-state index in [4.69, 9.17) is 10.3 Å². The van der Waals surface area contributed by atoms with Gasteiger partial charge in [-0.2, -0.15) is 4.98 Å². The van der Waals surface area contributed by atoms with Crippen LogP contribution in [0.3, 0.4) is 0 Å². The first-order valence-electron chi connectivity index (χ1n) is 7.03. The second-order valence-corrected chi connectivity index (χ2v) is 6.32. The van der Waals surface area contributed by atoms with E-state index in [1.807, 2.05) is 18.2 Å². The topological polar surface area (TPSA) is 64.9 Å². The van der Waals surface area contributed by atoms with Crippen LogP contribution in [0.4, 0.5) is 0 Å². The van der Waals surface area contributed by atoms with E-state index in [-0.39, 0.29) is 17.9 Å². The molecule has 0 bridgehead atoms. The summed E-state index contributed by atoms with van der Waals surface area (Å²) in [5, 5.41) is 4.08. The summed E-state index contributed by atoms with van der Waals surface area (Å²) in [4.78, 5) is 4.49. The fourth-order valence-electron chi connectivity index (χ4n) is 2.73. The van der Waals surface area contributed by atoms with E-state index < -0.39 is 0 Å². The molecule has 3 rings (SSSR count). The second kappa shape index (κ2) is 6.90. The van der Waals surface area contributed by atoms with Gasteiger partial charge in [0.1, 0.15) is 0 Å². The number of hydrogen-bond donors (Lipinski definition) is 1. The summed E-state index contributed by atoms with van der Waals surface area (Å²) in [7, 11) is 0. The van der Waals surface area contributed by atoms with Crippen molar-refractivity contribution in [2.45, 2.75) is 44.1 Å². The molecule has 1 fully saturated rings.